The van der Waals surface area contributed by atoms with Gasteiger partial charge in [0.25, 0.3) is 0 Å². The van der Waals surface area contributed by atoms with Crippen LogP contribution in [0.25, 0.3) is 0 Å². The number of nitrogens with two attached hydrogens (primary N) is 1. The van der Waals surface area contributed by atoms with Crippen molar-refractivity contribution in [1.29, 1.82) is 0 Å². The van der Waals surface area contributed by atoms with Crippen LogP contribution in [-0.4, -0.2) is 10.2 Å². The molecule has 1 aromatic heterocycles. The highest BCUT2D eigenvalue weighted by Gasteiger charge is 2.03. The quantitative estimate of drug-likeness (QED) is 0.830. The number of hydrogen-bond acceptors (Lipinski definition) is 4. The van der Waals surface area contributed by atoms with E-state index < -0.39 is 0 Å². The number of rotatable bonds is 2. The average molecular weight is 279 g/mol. The second kappa shape index (κ2) is 4.49. The molecule has 1 heterocycles. The van der Waals surface area contributed by atoms with Crippen LogP contribution in [0.1, 0.15) is 5.56 Å². The average Bonchev–Trinajstić information content (AvgIpc) is 2.26. The van der Waals surface area contributed by atoms with Gasteiger partial charge in [-0.25, -0.2) is 0 Å². The maximum Gasteiger partial charge on any atom is 0.153 e. The Morgan fingerprint density at radius 3 is 2.62 bits per heavy atom. The van der Waals surface area contributed by atoms with Gasteiger partial charge < -0.3 is 11.1 Å². The molecule has 5 heteroatoms. The van der Waals surface area contributed by atoms with E-state index in [9.17, 15) is 0 Å². The molecule has 0 amide bonds. The zero-order valence-corrected chi connectivity index (χ0v) is 10.3. The number of nitrogen functional groups attached to an aromatic ring is 1. The van der Waals surface area contributed by atoms with Gasteiger partial charge >= 0.3 is 0 Å². The van der Waals surface area contributed by atoms with Crippen LogP contribution in [-0.2, 0) is 0 Å². The minimum Gasteiger partial charge on any atom is -0.397 e. The molecule has 0 aliphatic rings. The number of nitrogens with zero attached hydrogens (tertiary/aromatic N) is 2. The lowest BCUT2D eigenvalue weighted by Crippen LogP contribution is -2.00. The molecule has 2 rings (SSSR count). The van der Waals surface area contributed by atoms with E-state index in [0.29, 0.717) is 16.1 Å². The number of aryl methyl sites for hydroxylation is 1. The Kier molecular flexibility index (Phi) is 3.05. The van der Waals surface area contributed by atoms with Gasteiger partial charge in [-0.05, 0) is 46.6 Å². The summed E-state index contributed by atoms with van der Waals surface area (Å²) in [5, 5.41) is 11.0. The van der Waals surface area contributed by atoms with Crippen LogP contribution in [0.4, 0.5) is 17.2 Å². The molecule has 0 aliphatic carbocycles. The van der Waals surface area contributed by atoms with Crippen molar-refractivity contribution in [2.24, 2.45) is 0 Å². The zero-order valence-electron chi connectivity index (χ0n) is 8.74. The first-order chi connectivity index (χ1) is 7.66. The monoisotopic (exact) mass is 278 g/mol. The number of para-hydroxylation sites is 1. The predicted molar refractivity (Wildman–Crippen MR) is 68.6 cm³/mol. The topological polar surface area (TPSA) is 63.8 Å². The van der Waals surface area contributed by atoms with Gasteiger partial charge in [-0.3, -0.25) is 0 Å². The highest BCUT2D eigenvalue weighted by atomic mass is 79.9. The lowest BCUT2D eigenvalue weighted by molar-refractivity contribution is 1.01. The van der Waals surface area contributed by atoms with E-state index in [1.54, 1.807) is 0 Å². The Morgan fingerprint density at radius 1 is 1.19 bits per heavy atom. The molecule has 1 aromatic carbocycles. The van der Waals surface area contributed by atoms with E-state index in [1.165, 1.54) is 0 Å². The summed E-state index contributed by atoms with van der Waals surface area (Å²) >= 11 is 3.23. The smallest absolute Gasteiger partial charge is 0.153 e. The van der Waals surface area contributed by atoms with Crippen LogP contribution in [0, 0.1) is 6.92 Å². The summed E-state index contributed by atoms with van der Waals surface area (Å²) < 4.78 is 0.704. The van der Waals surface area contributed by atoms with Crippen molar-refractivity contribution in [3.63, 3.8) is 0 Å². The Morgan fingerprint density at radius 2 is 2.00 bits per heavy atom. The second-order valence-corrected chi connectivity index (χ2v) is 4.22. The van der Waals surface area contributed by atoms with Crippen LogP contribution in [0.15, 0.2) is 34.9 Å². The second-order valence-electron chi connectivity index (χ2n) is 3.41. The fourth-order valence-electron chi connectivity index (χ4n) is 1.37. The van der Waals surface area contributed by atoms with Gasteiger partial charge in [0, 0.05) is 0 Å². The Labute approximate surface area is 102 Å². The number of halogens is 1. The molecular formula is C11H11BrN4. The number of nitrogens with one attached hydrogen (secondary N) is 1. The van der Waals surface area contributed by atoms with Crippen LogP contribution >= 0.6 is 15.9 Å². The first-order valence-electron chi connectivity index (χ1n) is 4.78. The molecule has 0 bridgehead atoms. The third-order valence-corrected chi connectivity index (χ3v) is 2.61. The van der Waals surface area contributed by atoms with Crippen LogP contribution in [0.2, 0.25) is 0 Å². The van der Waals surface area contributed by atoms with Crippen molar-refractivity contribution < 1.29 is 0 Å². The van der Waals surface area contributed by atoms with Crippen LogP contribution < -0.4 is 11.1 Å². The van der Waals surface area contributed by atoms with Gasteiger partial charge in [0.15, 0.2) is 5.82 Å². The van der Waals surface area contributed by atoms with E-state index in [0.717, 1.165) is 11.3 Å². The molecule has 16 heavy (non-hydrogen) atoms. The summed E-state index contributed by atoms with van der Waals surface area (Å²) in [5.74, 6) is 0.671. The Bertz CT molecular complexity index is 476. The minimum absolute atomic E-state index is 0.671. The Hall–Kier alpha value is -1.62. The van der Waals surface area contributed by atoms with Gasteiger partial charge in [0.1, 0.15) is 4.60 Å². The summed E-state index contributed by atoms with van der Waals surface area (Å²) in [6, 6.07) is 9.42. The van der Waals surface area contributed by atoms with E-state index in [1.807, 2.05) is 37.3 Å². The minimum atomic E-state index is 0.671. The van der Waals surface area contributed by atoms with E-state index >= 15 is 0 Å². The highest BCUT2D eigenvalue weighted by Crippen LogP contribution is 2.25. The first-order valence-corrected chi connectivity index (χ1v) is 5.57. The summed E-state index contributed by atoms with van der Waals surface area (Å²) in [6.07, 6.45) is 0. The van der Waals surface area contributed by atoms with Crippen molar-refractivity contribution in [3.05, 3.63) is 40.5 Å². The van der Waals surface area contributed by atoms with Gasteiger partial charge in [-0.2, -0.15) is 0 Å². The number of benzene rings is 1. The highest BCUT2D eigenvalue weighted by molar-refractivity contribution is 9.10. The lowest BCUT2D eigenvalue weighted by atomic mass is 10.1. The van der Waals surface area contributed by atoms with Gasteiger partial charge in [-0.15, -0.1) is 10.2 Å². The van der Waals surface area contributed by atoms with Gasteiger partial charge in [0.2, 0.25) is 0 Å². The maximum atomic E-state index is 5.88. The van der Waals surface area contributed by atoms with Crippen molar-refractivity contribution in [2.45, 2.75) is 6.92 Å². The standard InChI is InChI=1S/C11H11BrN4/c1-7-3-2-4-8(13)11(7)14-10-6-5-9(12)15-16-10/h2-6H,13H2,1H3,(H,14,16). The van der Waals surface area contributed by atoms with Crippen molar-refractivity contribution >= 4 is 33.1 Å². The van der Waals surface area contributed by atoms with Crippen LogP contribution in [0.3, 0.4) is 0 Å². The molecule has 0 unspecified atom stereocenters. The van der Waals surface area contributed by atoms with Crippen molar-refractivity contribution in [1.82, 2.24) is 10.2 Å². The van der Waals surface area contributed by atoms with E-state index in [4.69, 9.17) is 5.73 Å². The summed E-state index contributed by atoms with van der Waals surface area (Å²) in [6.45, 7) is 1.99. The van der Waals surface area contributed by atoms with E-state index in [2.05, 4.69) is 31.4 Å². The molecule has 0 radical (unpaired) electrons. The SMILES string of the molecule is Cc1cccc(N)c1Nc1ccc(Br)nn1. The van der Waals surface area contributed by atoms with Crippen molar-refractivity contribution in [3.8, 4) is 0 Å². The number of aromatic nitrogens is 2. The largest absolute Gasteiger partial charge is 0.397 e. The zero-order chi connectivity index (χ0) is 11.5. The third-order valence-electron chi connectivity index (χ3n) is 2.19. The normalized spacial score (nSPS) is 10.1. The molecule has 0 aliphatic heterocycles. The van der Waals surface area contributed by atoms with Crippen molar-refractivity contribution in [2.75, 3.05) is 11.1 Å². The fraction of sp³-hybridized carbons (Fsp3) is 0.0909. The fourth-order valence-corrected chi connectivity index (χ4v) is 1.58. The molecular weight excluding hydrogens is 268 g/mol. The summed E-state index contributed by atoms with van der Waals surface area (Å²) in [4.78, 5) is 0. The van der Waals surface area contributed by atoms with Gasteiger partial charge in [0.05, 0.1) is 11.4 Å². The molecule has 0 spiro atoms. The molecule has 0 saturated heterocycles. The van der Waals surface area contributed by atoms with E-state index in [-0.39, 0.29) is 0 Å². The molecule has 0 atom stereocenters. The summed E-state index contributed by atoms with van der Waals surface area (Å²) in [5.41, 5.74) is 8.53. The third kappa shape index (κ3) is 2.30. The molecule has 4 nitrogen and oxygen atoms in total. The number of anilines is 3. The first kappa shape index (κ1) is 10.9. The predicted octanol–water partition coefficient (Wildman–Crippen LogP) is 2.87. The molecule has 3 N–H and O–H groups in total. The van der Waals surface area contributed by atoms with Gasteiger partial charge in [-0.1, -0.05) is 12.1 Å². The summed E-state index contributed by atoms with van der Waals surface area (Å²) in [7, 11) is 0. The lowest BCUT2D eigenvalue weighted by Gasteiger charge is -2.10. The number of hydrogen-bond donors (Lipinski definition) is 2. The molecule has 0 fully saturated rings. The Balaban J connectivity index is 2.30. The maximum absolute atomic E-state index is 5.88. The molecule has 0 saturated carbocycles. The molecule has 82 valence electrons. The molecule has 2 aromatic rings. The van der Waals surface area contributed by atoms with Crippen LogP contribution in [0.5, 0.6) is 0 Å².